The van der Waals surface area contributed by atoms with Crippen molar-refractivity contribution in [3.05, 3.63) is 12.7 Å². The Bertz CT molecular complexity index is 121. The highest BCUT2D eigenvalue weighted by Gasteiger charge is 1.94. The number of unbranched alkanes of at least 4 members (excludes halogenated alkanes) is 2. The van der Waals surface area contributed by atoms with Crippen molar-refractivity contribution in [2.45, 2.75) is 19.3 Å². The van der Waals surface area contributed by atoms with Crippen LogP contribution in [0.5, 0.6) is 0 Å². The van der Waals surface area contributed by atoms with E-state index in [0.29, 0.717) is 6.61 Å². The van der Waals surface area contributed by atoms with Crippen LogP contribution in [0.4, 0.5) is 0 Å². The molecule has 0 saturated heterocycles. The summed E-state index contributed by atoms with van der Waals surface area (Å²) in [4.78, 5) is 9.95. The molecule has 0 atom stereocenters. The lowest BCUT2D eigenvalue weighted by atomic mass is 10.2. The maximum absolute atomic E-state index is 9.95. The molecule has 3 heteroatoms. The Balaban J connectivity index is 2.90. The number of hydrogen-bond donors (Lipinski definition) is 1. The Kier molecular flexibility index (Phi) is 6.73. The van der Waals surface area contributed by atoms with Gasteiger partial charge in [-0.25, -0.2) is 4.79 Å². The summed E-state index contributed by atoms with van der Waals surface area (Å²) in [5.74, 6) is -0.909. The van der Waals surface area contributed by atoms with E-state index in [4.69, 9.17) is 9.84 Å². The lowest BCUT2D eigenvalue weighted by Crippen LogP contribution is -2.07. The summed E-state index contributed by atoms with van der Waals surface area (Å²) in [6.07, 6.45) is 4.73. The number of carbonyl (C=O) groups is 1. The molecule has 0 aromatic rings. The predicted octanol–water partition coefficient (Wildman–Crippen LogP) is 1.44. The molecule has 0 saturated carbocycles. The van der Waals surface area contributed by atoms with Crippen molar-refractivity contribution >= 4 is 5.97 Å². The smallest absolute Gasteiger partial charge is 0.329 e. The Morgan fingerprint density at radius 1 is 1.55 bits per heavy atom. The molecule has 0 aliphatic carbocycles. The van der Waals surface area contributed by atoms with E-state index in [1.54, 1.807) is 0 Å². The maximum atomic E-state index is 9.95. The Morgan fingerprint density at radius 2 is 2.27 bits per heavy atom. The zero-order valence-electron chi connectivity index (χ0n) is 6.58. The summed E-state index contributed by atoms with van der Waals surface area (Å²) >= 11 is 0. The molecule has 0 aromatic carbocycles. The van der Waals surface area contributed by atoms with Gasteiger partial charge in [-0.15, -0.1) is 6.58 Å². The van der Waals surface area contributed by atoms with Crippen molar-refractivity contribution in [3.63, 3.8) is 0 Å². The highest BCUT2D eigenvalue weighted by atomic mass is 16.5. The summed E-state index contributed by atoms with van der Waals surface area (Å²) in [7, 11) is 0. The number of carboxylic acids is 1. The molecule has 0 aromatic heterocycles. The van der Waals surface area contributed by atoms with Crippen LogP contribution < -0.4 is 0 Å². The highest BCUT2D eigenvalue weighted by Crippen LogP contribution is 1.95. The van der Waals surface area contributed by atoms with Crippen molar-refractivity contribution in [3.8, 4) is 0 Å². The van der Waals surface area contributed by atoms with Crippen molar-refractivity contribution in [2.75, 3.05) is 13.2 Å². The van der Waals surface area contributed by atoms with Gasteiger partial charge in [0.25, 0.3) is 0 Å². The first-order valence-corrected chi connectivity index (χ1v) is 3.68. The Morgan fingerprint density at radius 3 is 2.82 bits per heavy atom. The van der Waals surface area contributed by atoms with E-state index in [1.807, 2.05) is 6.08 Å². The van der Waals surface area contributed by atoms with E-state index in [2.05, 4.69) is 6.58 Å². The fraction of sp³-hybridized carbons (Fsp3) is 0.625. The summed E-state index contributed by atoms with van der Waals surface area (Å²) in [5.41, 5.74) is 0. The highest BCUT2D eigenvalue weighted by molar-refractivity contribution is 5.67. The molecule has 3 nitrogen and oxygen atoms in total. The van der Waals surface area contributed by atoms with E-state index >= 15 is 0 Å². The van der Waals surface area contributed by atoms with Crippen molar-refractivity contribution in [1.82, 2.24) is 0 Å². The number of allylic oxidation sites excluding steroid dienone is 1. The van der Waals surface area contributed by atoms with Crippen LogP contribution >= 0.6 is 0 Å². The Hall–Kier alpha value is -0.830. The summed E-state index contributed by atoms with van der Waals surface area (Å²) < 4.78 is 4.81. The quantitative estimate of drug-likeness (QED) is 0.450. The zero-order chi connectivity index (χ0) is 8.53. The maximum Gasteiger partial charge on any atom is 0.329 e. The van der Waals surface area contributed by atoms with Crippen LogP contribution in [0.15, 0.2) is 12.7 Å². The molecule has 0 bridgehead atoms. The van der Waals surface area contributed by atoms with Crippen LogP contribution in [0, 0.1) is 0 Å². The first-order valence-electron chi connectivity index (χ1n) is 3.68. The molecule has 0 unspecified atom stereocenters. The molecule has 0 spiro atoms. The average Bonchev–Trinajstić information content (AvgIpc) is 1.96. The lowest BCUT2D eigenvalue weighted by Gasteiger charge is -1.98. The number of ether oxygens (including phenoxy) is 1. The van der Waals surface area contributed by atoms with Crippen LogP contribution in [0.2, 0.25) is 0 Å². The number of carboxylic acid groups (broad SMARTS) is 1. The minimum Gasteiger partial charge on any atom is -0.480 e. The topological polar surface area (TPSA) is 46.5 Å². The third-order valence-corrected chi connectivity index (χ3v) is 1.17. The van der Waals surface area contributed by atoms with Gasteiger partial charge in [-0.1, -0.05) is 6.08 Å². The molecule has 0 aliphatic rings. The first kappa shape index (κ1) is 10.2. The normalized spacial score (nSPS) is 9.45. The van der Waals surface area contributed by atoms with Crippen LogP contribution in [0.25, 0.3) is 0 Å². The van der Waals surface area contributed by atoms with Crippen molar-refractivity contribution in [2.24, 2.45) is 0 Å². The minimum atomic E-state index is -0.909. The van der Waals surface area contributed by atoms with Crippen molar-refractivity contribution < 1.29 is 14.6 Å². The zero-order valence-corrected chi connectivity index (χ0v) is 6.58. The minimum absolute atomic E-state index is 0.186. The molecule has 0 aliphatic heterocycles. The van der Waals surface area contributed by atoms with Crippen LogP contribution in [-0.4, -0.2) is 24.3 Å². The second kappa shape index (κ2) is 7.28. The number of aliphatic carboxylic acids is 1. The lowest BCUT2D eigenvalue weighted by molar-refractivity contribution is -0.142. The summed E-state index contributed by atoms with van der Waals surface area (Å²) in [5, 5.41) is 8.18. The largest absolute Gasteiger partial charge is 0.480 e. The molecular weight excluding hydrogens is 144 g/mol. The van der Waals surface area contributed by atoms with Gasteiger partial charge in [-0.05, 0) is 19.3 Å². The number of rotatable bonds is 7. The van der Waals surface area contributed by atoms with Gasteiger partial charge in [0.15, 0.2) is 0 Å². The molecule has 0 heterocycles. The van der Waals surface area contributed by atoms with E-state index in [0.717, 1.165) is 19.3 Å². The van der Waals surface area contributed by atoms with E-state index < -0.39 is 5.97 Å². The van der Waals surface area contributed by atoms with Gasteiger partial charge in [-0.3, -0.25) is 0 Å². The predicted molar refractivity (Wildman–Crippen MR) is 42.5 cm³/mol. The van der Waals surface area contributed by atoms with E-state index in [9.17, 15) is 4.79 Å². The molecule has 0 rings (SSSR count). The van der Waals surface area contributed by atoms with Gasteiger partial charge in [0.05, 0.1) is 0 Å². The van der Waals surface area contributed by atoms with Gasteiger partial charge in [-0.2, -0.15) is 0 Å². The van der Waals surface area contributed by atoms with Crippen LogP contribution in [0.1, 0.15) is 19.3 Å². The van der Waals surface area contributed by atoms with Gasteiger partial charge < -0.3 is 9.84 Å². The third-order valence-electron chi connectivity index (χ3n) is 1.17. The monoisotopic (exact) mass is 158 g/mol. The third kappa shape index (κ3) is 9.17. The molecule has 11 heavy (non-hydrogen) atoms. The molecule has 1 N–H and O–H groups in total. The molecule has 0 amide bonds. The molecular formula is C8H14O3. The Labute approximate surface area is 66.7 Å². The molecule has 0 fully saturated rings. The SMILES string of the molecule is C=CCCCCOCC(=O)O. The second-order valence-corrected chi connectivity index (χ2v) is 2.23. The van der Waals surface area contributed by atoms with Gasteiger partial charge >= 0.3 is 5.97 Å². The second-order valence-electron chi connectivity index (χ2n) is 2.23. The first-order chi connectivity index (χ1) is 5.27. The van der Waals surface area contributed by atoms with E-state index in [-0.39, 0.29) is 6.61 Å². The average molecular weight is 158 g/mol. The fourth-order valence-corrected chi connectivity index (χ4v) is 0.652. The molecule has 64 valence electrons. The molecule has 0 radical (unpaired) electrons. The van der Waals surface area contributed by atoms with Gasteiger partial charge in [0, 0.05) is 6.61 Å². The van der Waals surface area contributed by atoms with Gasteiger partial charge in [0.1, 0.15) is 6.61 Å². The summed E-state index contributed by atoms with van der Waals surface area (Å²) in [6.45, 7) is 3.91. The fourth-order valence-electron chi connectivity index (χ4n) is 0.652. The van der Waals surface area contributed by atoms with Crippen LogP contribution in [-0.2, 0) is 9.53 Å². The van der Waals surface area contributed by atoms with E-state index in [1.165, 1.54) is 0 Å². The number of hydrogen-bond acceptors (Lipinski definition) is 2. The standard InChI is InChI=1S/C8H14O3/c1-2-3-4-5-6-11-7-8(9)10/h2H,1,3-7H2,(H,9,10). The van der Waals surface area contributed by atoms with Crippen LogP contribution in [0.3, 0.4) is 0 Å². The van der Waals surface area contributed by atoms with Gasteiger partial charge in [0.2, 0.25) is 0 Å². The summed E-state index contributed by atoms with van der Waals surface area (Å²) in [6, 6.07) is 0. The van der Waals surface area contributed by atoms with Crippen molar-refractivity contribution in [1.29, 1.82) is 0 Å².